The van der Waals surface area contributed by atoms with E-state index in [2.05, 4.69) is 5.32 Å². The molecule has 0 saturated heterocycles. The van der Waals surface area contributed by atoms with Crippen molar-refractivity contribution in [1.29, 1.82) is 0 Å². The molecule has 0 aliphatic carbocycles. The van der Waals surface area contributed by atoms with Crippen LogP contribution in [0.2, 0.25) is 0 Å². The first-order valence-electron chi connectivity index (χ1n) is 6.22. The molecule has 0 aromatic heterocycles. The topological polar surface area (TPSA) is 103 Å². The van der Waals surface area contributed by atoms with Crippen LogP contribution in [0.4, 0.5) is 4.79 Å². The molecular formula is C11H21N2O6P. The molecule has 0 aromatic carbocycles. The van der Waals surface area contributed by atoms with Crippen LogP contribution in [-0.4, -0.2) is 38.0 Å². The molecule has 8 nitrogen and oxygen atoms in total. The third kappa shape index (κ3) is 8.68. The van der Waals surface area contributed by atoms with Crippen molar-refractivity contribution in [1.82, 2.24) is 10.6 Å². The van der Waals surface area contributed by atoms with E-state index in [0.717, 1.165) is 6.08 Å². The van der Waals surface area contributed by atoms with Crippen LogP contribution in [0.3, 0.4) is 0 Å². The van der Waals surface area contributed by atoms with Crippen LogP contribution in [0.1, 0.15) is 20.8 Å². The predicted molar refractivity (Wildman–Crippen MR) is 73.2 cm³/mol. The van der Waals surface area contributed by atoms with Crippen molar-refractivity contribution in [2.45, 2.75) is 20.8 Å². The number of carbonyl (C=O) groups is 2. The Morgan fingerprint density at radius 2 is 1.70 bits per heavy atom. The van der Waals surface area contributed by atoms with Gasteiger partial charge in [-0.2, -0.15) is 0 Å². The van der Waals surface area contributed by atoms with Gasteiger partial charge in [-0.15, -0.1) is 0 Å². The Morgan fingerprint density at radius 1 is 1.10 bits per heavy atom. The van der Waals surface area contributed by atoms with Crippen LogP contribution in [0, 0.1) is 0 Å². The summed E-state index contributed by atoms with van der Waals surface area (Å²) in [5.41, 5.74) is 0. The molecule has 116 valence electrons. The molecule has 0 atom stereocenters. The second-order valence-electron chi connectivity index (χ2n) is 3.36. The van der Waals surface area contributed by atoms with Gasteiger partial charge in [-0.25, -0.2) is 4.79 Å². The average molecular weight is 308 g/mol. The Bertz CT molecular complexity index is 375. The van der Waals surface area contributed by atoms with Gasteiger partial charge in [-0.1, -0.05) is 0 Å². The largest absolute Gasteiger partial charge is 0.501 e. The highest BCUT2D eigenvalue weighted by Crippen LogP contribution is 2.46. The quantitative estimate of drug-likeness (QED) is 0.381. The van der Waals surface area contributed by atoms with Crippen LogP contribution >= 0.6 is 7.60 Å². The van der Waals surface area contributed by atoms with Crippen molar-refractivity contribution in [3.63, 3.8) is 0 Å². The highest BCUT2D eigenvalue weighted by molar-refractivity contribution is 7.53. The summed E-state index contributed by atoms with van der Waals surface area (Å²) >= 11 is 0. The van der Waals surface area contributed by atoms with Gasteiger partial charge in [0.25, 0.3) is 5.91 Å². The molecule has 2 N–H and O–H groups in total. The number of urea groups is 1. The van der Waals surface area contributed by atoms with Gasteiger partial charge in [0, 0.05) is 6.08 Å². The van der Waals surface area contributed by atoms with E-state index >= 15 is 0 Å². The van der Waals surface area contributed by atoms with Crippen LogP contribution in [0.15, 0.2) is 12.3 Å². The lowest BCUT2D eigenvalue weighted by Crippen LogP contribution is -2.39. The number of rotatable bonds is 9. The molecule has 0 rings (SSSR count). The Hall–Kier alpha value is -1.37. The van der Waals surface area contributed by atoms with Crippen LogP contribution in [0.25, 0.3) is 0 Å². The van der Waals surface area contributed by atoms with Crippen LogP contribution in [-0.2, 0) is 23.1 Å². The summed E-state index contributed by atoms with van der Waals surface area (Å²) in [6.45, 7) is 5.88. The SMILES string of the molecule is CCO/C=C/C(=O)NC(=O)NCP(=O)(OCC)OCC. The molecule has 0 radical (unpaired) electrons. The van der Waals surface area contributed by atoms with Crippen LogP contribution in [0.5, 0.6) is 0 Å². The van der Waals surface area contributed by atoms with E-state index in [1.165, 1.54) is 6.26 Å². The number of imide groups is 1. The first kappa shape index (κ1) is 18.6. The second kappa shape index (κ2) is 10.4. The highest BCUT2D eigenvalue weighted by atomic mass is 31.2. The summed E-state index contributed by atoms with van der Waals surface area (Å²) in [5.74, 6) is -0.654. The van der Waals surface area contributed by atoms with Gasteiger partial charge < -0.3 is 19.1 Å². The Labute approximate surface area is 118 Å². The molecular weight excluding hydrogens is 287 g/mol. The maximum Gasteiger partial charge on any atom is 0.349 e. The molecule has 0 aromatic rings. The van der Waals surface area contributed by atoms with Crippen molar-refractivity contribution >= 4 is 19.5 Å². The van der Waals surface area contributed by atoms with Gasteiger partial charge in [-0.05, 0) is 20.8 Å². The van der Waals surface area contributed by atoms with E-state index in [4.69, 9.17) is 13.8 Å². The summed E-state index contributed by atoms with van der Waals surface area (Å²) in [4.78, 5) is 22.6. The zero-order valence-electron chi connectivity index (χ0n) is 11.9. The van der Waals surface area contributed by atoms with Crippen molar-refractivity contribution in [2.24, 2.45) is 0 Å². The number of carbonyl (C=O) groups excluding carboxylic acids is 2. The van der Waals surface area contributed by atoms with Gasteiger partial charge in [0.1, 0.15) is 6.29 Å². The van der Waals surface area contributed by atoms with E-state index in [9.17, 15) is 14.2 Å². The highest BCUT2D eigenvalue weighted by Gasteiger charge is 2.24. The maximum absolute atomic E-state index is 12.0. The van der Waals surface area contributed by atoms with E-state index < -0.39 is 19.5 Å². The molecule has 0 aliphatic heterocycles. The van der Waals surface area contributed by atoms with Gasteiger partial charge in [0.15, 0.2) is 0 Å². The third-order valence-corrected chi connectivity index (χ3v) is 3.65. The molecule has 0 spiro atoms. The minimum atomic E-state index is -3.37. The summed E-state index contributed by atoms with van der Waals surface area (Å²) in [6, 6.07) is -0.796. The van der Waals surface area contributed by atoms with E-state index in [1.54, 1.807) is 20.8 Å². The zero-order chi connectivity index (χ0) is 15.4. The maximum atomic E-state index is 12.0. The number of ether oxygens (including phenoxy) is 1. The molecule has 20 heavy (non-hydrogen) atoms. The van der Waals surface area contributed by atoms with Crippen molar-refractivity contribution in [3.8, 4) is 0 Å². The predicted octanol–water partition coefficient (Wildman–Crippen LogP) is 1.59. The van der Waals surface area contributed by atoms with Crippen molar-refractivity contribution in [2.75, 3.05) is 26.1 Å². The smallest absolute Gasteiger partial charge is 0.349 e. The summed E-state index contributed by atoms with van der Waals surface area (Å²) in [5, 5.41) is 4.26. The molecule has 0 bridgehead atoms. The fourth-order valence-corrected chi connectivity index (χ4v) is 2.48. The molecule has 0 aliphatic rings. The molecule has 0 saturated carbocycles. The van der Waals surface area contributed by atoms with Gasteiger partial charge >= 0.3 is 13.6 Å². The number of amides is 3. The summed E-state index contributed by atoms with van der Waals surface area (Å²) in [7, 11) is -3.37. The molecule has 0 fully saturated rings. The Balaban J connectivity index is 4.19. The number of hydrogen-bond acceptors (Lipinski definition) is 6. The number of nitrogens with one attached hydrogen (secondary N) is 2. The minimum absolute atomic E-state index is 0.191. The Morgan fingerprint density at radius 3 is 2.20 bits per heavy atom. The van der Waals surface area contributed by atoms with Gasteiger partial charge in [-0.3, -0.25) is 14.7 Å². The first-order chi connectivity index (χ1) is 9.47. The average Bonchev–Trinajstić information content (AvgIpc) is 2.37. The van der Waals surface area contributed by atoms with Crippen molar-refractivity contribution in [3.05, 3.63) is 12.3 Å². The standard InChI is InChI=1S/C11H21N2O6P/c1-4-17-8-7-10(14)13-11(15)12-9-20(16,18-5-2)19-6-3/h7-8H,4-6,9H2,1-3H3,(H2,12,13,14,15)/b8-7+. The third-order valence-electron chi connectivity index (χ3n) is 1.80. The van der Waals surface area contributed by atoms with Gasteiger partial charge in [0.2, 0.25) is 0 Å². The Kier molecular flexibility index (Phi) is 9.71. The molecule has 3 amide bonds. The molecule has 9 heteroatoms. The second-order valence-corrected chi connectivity index (χ2v) is 5.41. The van der Waals surface area contributed by atoms with Gasteiger partial charge in [0.05, 0.1) is 26.1 Å². The number of hydrogen-bond donors (Lipinski definition) is 2. The monoisotopic (exact) mass is 308 g/mol. The van der Waals surface area contributed by atoms with E-state index in [0.29, 0.717) is 6.61 Å². The fourth-order valence-electron chi connectivity index (χ4n) is 1.09. The fraction of sp³-hybridized carbons (Fsp3) is 0.636. The molecule has 0 unspecified atom stereocenters. The lowest BCUT2D eigenvalue weighted by molar-refractivity contribution is -0.115. The molecule has 0 heterocycles. The lowest BCUT2D eigenvalue weighted by Gasteiger charge is -2.17. The normalized spacial score (nSPS) is 11.3. The first-order valence-corrected chi connectivity index (χ1v) is 7.95. The summed E-state index contributed by atoms with van der Waals surface area (Å²) in [6.07, 6.45) is 1.92. The summed E-state index contributed by atoms with van der Waals surface area (Å²) < 4.78 is 26.8. The lowest BCUT2D eigenvalue weighted by atomic mass is 10.6. The van der Waals surface area contributed by atoms with Crippen molar-refractivity contribution < 1.29 is 27.9 Å². The zero-order valence-corrected chi connectivity index (χ0v) is 12.8. The van der Waals surface area contributed by atoms with E-state index in [-0.39, 0.29) is 19.5 Å². The van der Waals surface area contributed by atoms with E-state index in [1.807, 2.05) is 5.32 Å². The minimum Gasteiger partial charge on any atom is -0.501 e. The van der Waals surface area contributed by atoms with Crippen LogP contribution < -0.4 is 10.6 Å².